The van der Waals surface area contributed by atoms with E-state index in [2.05, 4.69) is 30.6 Å². The number of aromatic nitrogens is 4. The maximum Gasteiger partial charge on any atom is 0.310 e. The van der Waals surface area contributed by atoms with E-state index in [0.717, 1.165) is 54.5 Å². The van der Waals surface area contributed by atoms with Crippen molar-refractivity contribution in [2.45, 2.75) is 58.1 Å². The Kier molecular flexibility index (Phi) is 7.54. The number of ether oxygens (including phenoxy) is 1. The van der Waals surface area contributed by atoms with E-state index >= 15 is 0 Å². The molecule has 0 atom stereocenters. The predicted octanol–water partition coefficient (Wildman–Crippen LogP) is 4.65. The molecule has 0 spiro atoms. The van der Waals surface area contributed by atoms with Gasteiger partial charge < -0.3 is 15.4 Å². The SMILES string of the molecule is CC(C)OC(=O)Cc1cnc(NC[C@H]2CC[C@H](Nc3ccc4ccnc(Cl)c4n3)CC2)nc1. The molecule has 2 N–H and O–H groups in total. The van der Waals surface area contributed by atoms with Crippen LogP contribution >= 0.6 is 11.6 Å². The van der Waals surface area contributed by atoms with Crippen LogP contribution in [0, 0.1) is 5.92 Å². The third-order valence-electron chi connectivity index (χ3n) is 5.73. The van der Waals surface area contributed by atoms with Crippen LogP contribution in [0.3, 0.4) is 0 Å². The van der Waals surface area contributed by atoms with Crippen molar-refractivity contribution in [2.75, 3.05) is 17.2 Å². The first-order chi connectivity index (χ1) is 16.0. The van der Waals surface area contributed by atoms with Gasteiger partial charge in [-0.25, -0.2) is 19.9 Å². The third kappa shape index (κ3) is 6.51. The summed E-state index contributed by atoms with van der Waals surface area (Å²) in [5.74, 6) is 1.72. The molecule has 0 aromatic carbocycles. The highest BCUT2D eigenvalue weighted by atomic mass is 35.5. The smallest absolute Gasteiger partial charge is 0.310 e. The Morgan fingerprint density at radius 1 is 1.12 bits per heavy atom. The molecule has 8 nitrogen and oxygen atoms in total. The lowest BCUT2D eigenvalue weighted by atomic mass is 9.86. The highest BCUT2D eigenvalue weighted by Gasteiger charge is 2.21. The Morgan fingerprint density at radius 3 is 2.61 bits per heavy atom. The number of carbonyl (C=O) groups excluding carboxylic acids is 1. The first-order valence-corrected chi connectivity index (χ1v) is 11.8. The molecule has 3 heterocycles. The second kappa shape index (κ2) is 10.7. The van der Waals surface area contributed by atoms with E-state index in [-0.39, 0.29) is 18.5 Å². The van der Waals surface area contributed by atoms with Crippen LogP contribution in [-0.4, -0.2) is 44.6 Å². The molecule has 1 fully saturated rings. The summed E-state index contributed by atoms with van der Waals surface area (Å²) < 4.78 is 5.15. The van der Waals surface area contributed by atoms with Crippen molar-refractivity contribution in [2.24, 2.45) is 5.92 Å². The van der Waals surface area contributed by atoms with E-state index in [1.54, 1.807) is 18.6 Å². The molecule has 0 saturated heterocycles. The van der Waals surface area contributed by atoms with Crippen LogP contribution in [0.15, 0.2) is 36.8 Å². The van der Waals surface area contributed by atoms with Gasteiger partial charge in [-0.3, -0.25) is 4.79 Å². The summed E-state index contributed by atoms with van der Waals surface area (Å²) >= 11 is 6.19. The second-order valence-corrected chi connectivity index (χ2v) is 9.10. The second-order valence-electron chi connectivity index (χ2n) is 8.74. The fraction of sp³-hybridized carbons (Fsp3) is 0.458. The van der Waals surface area contributed by atoms with Crippen LogP contribution < -0.4 is 10.6 Å². The lowest BCUT2D eigenvalue weighted by Crippen LogP contribution is -2.29. The maximum absolute atomic E-state index is 11.7. The Morgan fingerprint density at radius 2 is 1.88 bits per heavy atom. The van der Waals surface area contributed by atoms with Crippen molar-refractivity contribution in [3.63, 3.8) is 0 Å². The van der Waals surface area contributed by atoms with Crippen LogP contribution in [0.5, 0.6) is 0 Å². The molecule has 3 aromatic heterocycles. The molecule has 1 aliphatic rings. The summed E-state index contributed by atoms with van der Waals surface area (Å²) in [7, 11) is 0. The largest absolute Gasteiger partial charge is 0.463 e. The average molecular weight is 469 g/mol. The normalized spacial score (nSPS) is 18.3. The van der Waals surface area contributed by atoms with Gasteiger partial charge in [0.15, 0.2) is 5.15 Å². The number of hydrogen-bond acceptors (Lipinski definition) is 8. The van der Waals surface area contributed by atoms with Crippen LogP contribution in [0.4, 0.5) is 11.8 Å². The number of carbonyl (C=O) groups is 1. The fourth-order valence-electron chi connectivity index (χ4n) is 4.06. The summed E-state index contributed by atoms with van der Waals surface area (Å²) in [5, 5.41) is 8.29. The Balaban J connectivity index is 1.21. The number of nitrogens with one attached hydrogen (secondary N) is 2. The number of halogens is 1. The van der Waals surface area contributed by atoms with Crippen LogP contribution in [0.2, 0.25) is 5.15 Å². The van der Waals surface area contributed by atoms with Crippen LogP contribution in [0.1, 0.15) is 45.1 Å². The van der Waals surface area contributed by atoms with Crippen molar-refractivity contribution in [1.29, 1.82) is 0 Å². The van der Waals surface area contributed by atoms with Gasteiger partial charge in [0.05, 0.1) is 12.5 Å². The van der Waals surface area contributed by atoms with Gasteiger partial charge in [0.2, 0.25) is 5.95 Å². The molecule has 0 radical (unpaired) electrons. The van der Waals surface area contributed by atoms with Gasteiger partial charge in [0.1, 0.15) is 11.3 Å². The van der Waals surface area contributed by atoms with Crippen molar-refractivity contribution in [3.05, 3.63) is 47.5 Å². The number of nitrogens with zero attached hydrogens (tertiary/aromatic N) is 4. The van der Waals surface area contributed by atoms with E-state index in [0.29, 0.717) is 23.1 Å². The van der Waals surface area contributed by atoms with E-state index in [1.807, 2.05) is 32.0 Å². The van der Waals surface area contributed by atoms with E-state index < -0.39 is 0 Å². The minimum Gasteiger partial charge on any atom is -0.463 e. The van der Waals surface area contributed by atoms with Gasteiger partial charge in [-0.05, 0) is 63.6 Å². The molecule has 0 amide bonds. The molecule has 33 heavy (non-hydrogen) atoms. The minimum absolute atomic E-state index is 0.121. The quantitative estimate of drug-likeness (QED) is 0.364. The lowest BCUT2D eigenvalue weighted by molar-refractivity contribution is -0.146. The molecular weight excluding hydrogens is 440 g/mol. The standard InChI is InChI=1S/C24H29ClN6O2/c1-15(2)33-21(32)11-17-13-28-24(29-14-17)27-12-16-3-6-19(7-4-16)30-20-8-5-18-9-10-26-23(25)22(18)31-20/h5,8-10,13-16,19H,3-4,6-7,11-12H2,1-2H3,(H,30,31)(H,27,28,29)/t16-,19-. The minimum atomic E-state index is -0.265. The number of pyridine rings is 2. The van der Waals surface area contributed by atoms with Gasteiger partial charge >= 0.3 is 5.97 Å². The molecule has 9 heteroatoms. The Bertz CT molecular complexity index is 1080. The maximum atomic E-state index is 11.7. The Labute approximate surface area is 198 Å². The van der Waals surface area contributed by atoms with Gasteiger partial charge in [-0.15, -0.1) is 0 Å². The molecule has 0 aliphatic heterocycles. The van der Waals surface area contributed by atoms with Crippen molar-refractivity contribution in [3.8, 4) is 0 Å². The number of anilines is 2. The number of hydrogen-bond donors (Lipinski definition) is 2. The zero-order chi connectivity index (χ0) is 23.2. The lowest BCUT2D eigenvalue weighted by Gasteiger charge is -2.29. The van der Waals surface area contributed by atoms with Gasteiger partial charge in [0, 0.05) is 42.1 Å². The average Bonchev–Trinajstić information content (AvgIpc) is 2.79. The van der Waals surface area contributed by atoms with Crippen LogP contribution in [0.25, 0.3) is 10.9 Å². The summed E-state index contributed by atoms with van der Waals surface area (Å²) in [4.78, 5) is 29.2. The zero-order valence-electron chi connectivity index (χ0n) is 18.9. The van der Waals surface area contributed by atoms with Gasteiger partial charge in [-0.1, -0.05) is 11.6 Å². The molecule has 1 aliphatic carbocycles. The topological polar surface area (TPSA) is 102 Å². The first kappa shape index (κ1) is 23.2. The predicted molar refractivity (Wildman–Crippen MR) is 129 cm³/mol. The van der Waals surface area contributed by atoms with Crippen molar-refractivity contribution < 1.29 is 9.53 Å². The monoisotopic (exact) mass is 468 g/mol. The summed E-state index contributed by atoms with van der Waals surface area (Å²) in [6.07, 6.45) is 9.48. The molecule has 0 bridgehead atoms. The number of fused-ring (bicyclic) bond motifs is 1. The number of rotatable bonds is 8. The van der Waals surface area contributed by atoms with E-state index in [4.69, 9.17) is 16.3 Å². The summed E-state index contributed by atoms with van der Waals surface area (Å²) in [6, 6.07) is 6.32. The van der Waals surface area contributed by atoms with E-state index in [9.17, 15) is 4.79 Å². The van der Waals surface area contributed by atoms with Crippen molar-refractivity contribution >= 4 is 40.2 Å². The number of esters is 1. The first-order valence-electron chi connectivity index (χ1n) is 11.4. The van der Waals surface area contributed by atoms with Crippen molar-refractivity contribution in [1.82, 2.24) is 19.9 Å². The highest BCUT2D eigenvalue weighted by Crippen LogP contribution is 2.27. The third-order valence-corrected chi connectivity index (χ3v) is 6.01. The summed E-state index contributed by atoms with van der Waals surface area (Å²) in [6.45, 7) is 4.50. The Hall–Kier alpha value is -3.00. The van der Waals surface area contributed by atoms with Gasteiger partial charge in [-0.2, -0.15) is 0 Å². The zero-order valence-corrected chi connectivity index (χ0v) is 19.7. The van der Waals surface area contributed by atoms with E-state index in [1.165, 1.54) is 0 Å². The fourth-order valence-corrected chi connectivity index (χ4v) is 4.27. The molecule has 3 aromatic rings. The van der Waals surface area contributed by atoms with Crippen LogP contribution in [-0.2, 0) is 16.0 Å². The molecule has 0 unspecified atom stereocenters. The summed E-state index contributed by atoms with van der Waals surface area (Å²) in [5.41, 5.74) is 1.47. The highest BCUT2D eigenvalue weighted by molar-refractivity contribution is 6.33. The molecule has 4 rings (SSSR count). The molecule has 174 valence electrons. The molecular formula is C24H29ClN6O2. The molecule has 1 saturated carbocycles. The van der Waals surface area contributed by atoms with Gasteiger partial charge in [0.25, 0.3) is 0 Å².